The van der Waals surface area contributed by atoms with Crippen molar-refractivity contribution in [3.8, 4) is 6.19 Å². The number of hydrogen-bond acceptors (Lipinski definition) is 4. The van der Waals surface area contributed by atoms with Gasteiger partial charge in [-0.3, -0.25) is 9.88 Å². The zero-order valence-electron chi connectivity index (χ0n) is 16.1. The van der Waals surface area contributed by atoms with Crippen molar-refractivity contribution in [2.24, 2.45) is 4.99 Å². The SMILES string of the molecule is Cc1cc(F)c(N=C(c2ccc(C(F)(F)F)nc2)N(C)C#N)cc1SCC(C)(F)F. The van der Waals surface area contributed by atoms with Gasteiger partial charge in [-0.15, -0.1) is 11.8 Å². The van der Waals surface area contributed by atoms with Gasteiger partial charge in [0.1, 0.15) is 17.2 Å². The summed E-state index contributed by atoms with van der Waals surface area (Å²) in [5.41, 5.74) is -0.918. The molecule has 4 nitrogen and oxygen atoms in total. The van der Waals surface area contributed by atoms with E-state index in [4.69, 9.17) is 0 Å². The Balaban J connectivity index is 2.50. The molecule has 0 spiro atoms. The molecule has 160 valence electrons. The van der Waals surface area contributed by atoms with Crippen LogP contribution < -0.4 is 0 Å². The third-order valence-corrected chi connectivity index (χ3v) is 5.13. The van der Waals surface area contributed by atoms with Crippen molar-refractivity contribution in [3.05, 3.63) is 53.1 Å². The zero-order valence-corrected chi connectivity index (χ0v) is 16.9. The highest BCUT2D eigenvalue weighted by Crippen LogP contribution is 2.33. The molecule has 1 aromatic heterocycles. The summed E-state index contributed by atoms with van der Waals surface area (Å²) in [6, 6.07) is 4.14. The van der Waals surface area contributed by atoms with Crippen LogP contribution in [0.5, 0.6) is 0 Å². The molecule has 2 aromatic rings. The third kappa shape index (κ3) is 6.13. The van der Waals surface area contributed by atoms with Crippen molar-refractivity contribution < 1.29 is 26.3 Å². The van der Waals surface area contributed by atoms with E-state index < -0.39 is 29.4 Å². The Morgan fingerprint density at radius 2 is 1.90 bits per heavy atom. The summed E-state index contributed by atoms with van der Waals surface area (Å²) in [7, 11) is 1.29. The van der Waals surface area contributed by atoms with Crippen molar-refractivity contribution in [2.75, 3.05) is 12.8 Å². The molecule has 0 bridgehead atoms. The highest BCUT2D eigenvalue weighted by molar-refractivity contribution is 7.99. The van der Waals surface area contributed by atoms with Gasteiger partial charge in [-0.1, -0.05) is 0 Å². The van der Waals surface area contributed by atoms with Gasteiger partial charge in [-0.25, -0.2) is 18.2 Å². The summed E-state index contributed by atoms with van der Waals surface area (Å²) >= 11 is 0.817. The highest BCUT2D eigenvalue weighted by Gasteiger charge is 2.32. The number of rotatable bonds is 5. The first-order chi connectivity index (χ1) is 13.8. The third-order valence-electron chi connectivity index (χ3n) is 3.73. The van der Waals surface area contributed by atoms with Crippen LogP contribution in [0.15, 0.2) is 40.4 Å². The predicted octanol–water partition coefficient (Wildman–Crippen LogP) is 5.79. The van der Waals surface area contributed by atoms with Crippen LogP contribution in [0.25, 0.3) is 0 Å². The fourth-order valence-corrected chi connectivity index (χ4v) is 3.17. The second kappa shape index (κ2) is 8.95. The lowest BCUT2D eigenvalue weighted by atomic mass is 10.2. The molecule has 1 aromatic carbocycles. The number of benzene rings is 1. The van der Waals surface area contributed by atoms with Crippen LogP contribution in [-0.2, 0) is 6.18 Å². The number of halogens is 6. The van der Waals surface area contributed by atoms with Gasteiger partial charge >= 0.3 is 6.18 Å². The molecule has 0 aliphatic carbocycles. The molecule has 0 aliphatic rings. The van der Waals surface area contributed by atoms with Crippen molar-refractivity contribution in [2.45, 2.75) is 30.8 Å². The van der Waals surface area contributed by atoms with Crippen LogP contribution in [0.1, 0.15) is 23.7 Å². The molecule has 0 unspecified atom stereocenters. The van der Waals surface area contributed by atoms with E-state index in [0.29, 0.717) is 16.5 Å². The molecule has 0 radical (unpaired) electrons. The Labute approximate surface area is 173 Å². The lowest BCUT2D eigenvalue weighted by Crippen LogP contribution is -2.23. The van der Waals surface area contributed by atoms with Gasteiger partial charge in [-0.05, 0) is 36.8 Å². The molecule has 0 saturated carbocycles. The number of pyridine rings is 1. The summed E-state index contributed by atoms with van der Waals surface area (Å²) < 4.78 is 78.9. The van der Waals surface area contributed by atoms with Gasteiger partial charge < -0.3 is 0 Å². The number of aryl methyl sites for hydroxylation is 1. The van der Waals surface area contributed by atoms with Gasteiger partial charge in [0.15, 0.2) is 12.0 Å². The van der Waals surface area contributed by atoms with Crippen LogP contribution >= 0.6 is 11.8 Å². The number of nitrogens with zero attached hydrogens (tertiary/aromatic N) is 4. The summed E-state index contributed by atoms with van der Waals surface area (Å²) in [6.07, 6.45) is -2.03. The van der Waals surface area contributed by atoms with E-state index in [-0.39, 0.29) is 17.1 Å². The lowest BCUT2D eigenvalue weighted by Gasteiger charge is -2.15. The minimum Gasteiger partial charge on any atom is -0.266 e. The first-order valence-electron chi connectivity index (χ1n) is 8.38. The quantitative estimate of drug-likeness (QED) is 0.146. The number of hydrogen-bond donors (Lipinski definition) is 0. The van der Waals surface area contributed by atoms with Crippen LogP contribution in [0.4, 0.5) is 32.0 Å². The Bertz CT molecular complexity index is 975. The van der Waals surface area contributed by atoms with Gasteiger partial charge in [0.05, 0.1) is 5.75 Å². The Kier molecular flexibility index (Phi) is 7.02. The minimum atomic E-state index is -4.65. The van der Waals surface area contributed by atoms with E-state index in [1.807, 2.05) is 0 Å². The molecule has 11 heteroatoms. The fraction of sp³-hybridized carbons (Fsp3) is 0.316. The molecule has 0 saturated heterocycles. The van der Waals surface area contributed by atoms with Crippen molar-refractivity contribution in [3.63, 3.8) is 0 Å². The van der Waals surface area contributed by atoms with Crippen molar-refractivity contribution >= 4 is 23.3 Å². The standard InChI is InChI=1S/C19H16F6N4S/c1-11-6-13(20)14(7-15(11)30-9-18(2,21)22)28-17(29(3)10-26)12-4-5-16(27-8-12)19(23,24)25/h4-8H,9H2,1-3H3. The summed E-state index contributed by atoms with van der Waals surface area (Å²) in [5, 5.41) is 9.18. The first-order valence-corrected chi connectivity index (χ1v) is 9.37. The number of nitriles is 1. The average Bonchev–Trinajstić information content (AvgIpc) is 2.64. The van der Waals surface area contributed by atoms with Gasteiger partial charge in [0.2, 0.25) is 0 Å². The summed E-state index contributed by atoms with van der Waals surface area (Å²) in [4.78, 5) is 8.67. The highest BCUT2D eigenvalue weighted by atomic mass is 32.2. The second-order valence-corrected chi connectivity index (χ2v) is 7.47. The summed E-state index contributed by atoms with van der Waals surface area (Å²) in [5.74, 6) is -4.40. The van der Waals surface area contributed by atoms with Gasteiger partial charge in [-0.2, -0.15) is 18.4 Å². The maximum atomic E-state index is 14.4. The van der Waals surface area contributed by atoms with Gasteiger partial charge in [0, 0.05) is 30.6 Å². The minimum absolute atomic E-state index is 0.0429. The second-order valence-electron chi connectivity index (χ2n) is 6.45. The largest absolute Gasteiger partial charge is 0.433 e. The molecule has 1 heterocycles. The van der Waals surface area contributed by atoms with Gasteiger partial charge in [0.25, 0.3) is 5.92 Å². The van der Waals surface area contributed by atoms with E-state index in [9.17, 15) is 31.6 Å². The molecule has 0 N–H and O–H groups in total. The Morgan fingerprint density at radius 3 is 2.40 bits per heavy atom. The fourth-order valence-electron chi connectivity index (χ4n) is 2.28. The molecule has 0 aliphatic heterocycles. The van der Waals surface area contributed by atoms with Crippen LogP contribution in [0.2, 0.25) is 0 Å². The van der Waals surface area contributed by atoms with E-state index >= 15 is 0 Å². The number of thioether (sulfide) groups is 1. The van der Waals surface area contributed by atoms with Crippen molar-refractivity contribution in [1.82, 2.24) is 9.88 Å². The predicted molar refractivity (Wildman–Crippen MR) is 101 cm³/mol. The van der Waals surface area contributed by atoms with E-state index in [2.05, 4.69) is 9.98 Å². The lowest BCUT2D eigenvalue weighted by molar-refractivity contribution is -0.141. The molecule has 2 rings (SSSR count). The maximum Gasteiger partial charge on any atom is 0.433 e. The normalized spacial score (nSPS) is 12.6. The molecular formula is C19H16F6N4S. The smallest absolute Gasteiger partial charge is 0.266 e. The number of alkyl halides is 5. The number of aliphatic imine (C=N–C) groups is 1. The molecule has 30 heavy (non-hydrogen) atoms. The van der Waals surface area contributed by atoms with Crippen LogP contribution in [-0.4, -0.2) is 34.4 Å². The molecular weight excluding hydrogens is 430 g/mol. The van der Waals surface area contributed by atoms with Crippen molar-refractivity contribution in [1.29, 1.82) is 5.26 Å². The molecule has 0 amide bonds. The zero-order chi connectivity index (χ0) is 22.7. The molecule has 0 fully saturated rings. The van der Waals surface area contributed by atoms with Crippen LogP contribution in [0.3, 0.4) is 0 Å². The average molecular weight is 446 g/mol. The Hall–Kier alpha value is -2.74. The topological polar surface area (TPSA) is 52.3 Å². The summed E-state index contributed by atoms with van der Waals surface area (Å²) in [6.45, 7) is 2.31. The van der Waals surface area contributed by atoms with E-state index in [0.717, 1.165) is 41.9 Å². The van der Waals surface area contributed by atoms with Crippen LogP contribution in [0, 0.1) is 24.2 Å². The first kappa shape index (κ1) is 23.5. The number of aromatic nitrogens is 1. The number of amidine groups is 1. The monoisotopic (exact) mass is 446 g/mol. The van der Waals surface area contributed by atoms with E-state index in [1.165, 1.54) is 13.1 Å². The Morgan fingerprint density at radius 1 is 1.23 bits per heavy atom. The van der Waals surface area contributed by atoms with E-state index in [1.54, 1.807) is 13.1 Å². The maximum absolute atomic E-state index is 14.4. The molecule has 0 atom stereocenters.